The van der Waals surface area contributed by atoms with E-state index in [0.717, 1.165) is 6.54 Å². The lowest BCUT2D eigenvalue weighted by Crippen LogP contribution is -2.30. The van der Waals surface area contributed by atoms with E-state index in [9.17, 15) is 4.79 Å². The molecule has 1 aliphatic rings. The third-order valence-electron chi connectivity index (χ3n) is 2.55. The lowest BCUT2D eigenvalue weighted by molar-refractivity contribution is 0.251. The van der Waals surface area contributed by atoms with Crippen LogP contribution in [-0.4, -0.2) is 24.2 Å². The molecule has 1 aromatic heterocycles. The van der Waals surface area contributed by atoms with Crippen molar-refractivity contribution < 1.29 is 9.53 Å². The molecular formula is C12H17N3O2. The van der Waals surface area contributed by atoms with Gasteiger partial charge in [-0.1, -0.05) is 0 Å². The number of urea groups is 1. The Hall–Kier alpha value is -1.78. The number of carbonyl (C=O) groups is 1. The second-order valence-electron chi connectivity index (χ2n) is 4.07. The van der Waals surface area contributed by atoms with E-state index in [-0.39, 0.29) is 6.03 Å². The number of carbonyl (C=O) groups excluding carboxylic acids is 1. The minimum absolute atomic E-state index is 0.203. The molecule has 92 valence electrons. The molecule has 2 amide bonds. The van der Waals surface area contributed by atoms with E-state index in [1.54, 1.807) is 18.3 Å². The Bertz CT molecular complexity index is 391. The van der Waals surface area contributed by atoms with Gasteiger partial charge in [0.1, 0.15) is 5.69 Å². The quantitative estimate of drug-likeness (QED) is 0.820. The number of aromatic nitrogens is 1. The SMILES string of the molecule is CCOc1ncccc1NC(=O)NCC1CC1. The van der Waals surface area contributed by atoms with Crippen LogP contribution in [0.2, 0.25) is 0 Å². The third-order valence-corrected chi connectivity index (χ3v) is 2.55. The van der Waals surface area contributed by atoms with Gasteiger partial charge < -0.3 is 15.4 Å². The van der Waals surface area contributed by atoms with Crippen molar-refractivity contribution in [3.63, 3.8) is 0 Å². The summed E-state index contributed by atoms with van der Waals surface area (Å²) < 4.78 is 5.32. The number of rotatable bonds is 5. The third kappa shape index (κ3) is 3.62. The molecular weight excluding hydrogens is 218 g/mol. The molecule has 0 radical (unpaired) electrons. The summed E-state index contributed by atoms with van der Waals surface area (Å²) in [7, 11) is 0. The van der Waals surface area contributed by atoms with Crippen molar-refractivity contribution in [3.05, 3.63) is 18.3 Å². The number of hydrogen-bond donors (Lipinski definition) is 2. The Labute approximate surface area is 101 Å². The highest BCUT2D eigenvalue weighted by molar-refractivity contribution is 5.90. The zero-order chi connectivity index (χ0) is 12.1. The van der Waals surface area contributed by atoms with Crippen molar-refractivity contribution in [2.45, 2.75) is 19.8 Å². The number of amides is 2. The molecule has 0 bridgehead atoms. The highest BCUT2D eigenvalue weighted by Gasteiger charge is 2.21. The van der Waals surface area contributed by atoms with Gasteiger partial charge in [0.2, 0.25) is 5.88 Å². The fourth-order valence-corrected chi connectivity index (χ4v) is 1.46. The lowest BCUT2D eigenvalue weighted by Gasteiger charge is -2.10. The number of anilines is 1. The number of nitrogens with one attached hydrogen (secondary N) is 2. The van der Waals surface area contributed by atoms with E-state index >= 15 is 0 Å². The largest absolute Gasteiger partial charge is 0.476 e. The zero-order valence-electron chi connectivity index (χ0n) is 9.90. The Balaban J connectivity index is 1.89. The molecule has 0 spiro atoms. The number of nitrogens with zero attached hydrogens (tertiary/aromatic N) is 1. The number of pyridine rings is 1. The average molecular weight is 235 g/mol. The molecule has 0 unspecified atom stereocenters. The van der Waals surface area contributed by atoms with Gasteiger partial charge in [-0.25, -0.2) is 9.78 Å². The van der Waals surface area contributed by atoms with Crippen LogP contribution in [-0.2, 0) is 0 Å². The summed E-state index contributed by atoms with van der Waals surface area (Å²) >= 11 is 0. The van der Waals surface area contributed by atoms with Gasteiger partial charge >= 0.3 is 6.03 Å². The highest BCUT2D eigenvalue weighted by Crippen LogP contribution is 2.27. The summed E-state index contributed by atoms with van der Waals surface area (Å²) in [4.78, 5) is 15.7. The molecule has 2 rings (SSSR count). The summed E-state index contributed by atoms with van der Waals surface area (Å²) in [5.74, 6) is 1.12. The molecule has 5 heteroatoms. The van der Waals surface area contributed by atoms with Gasteiger partial charge in [0.05, 0.1) is 6.61 Å². The van der Waals surface area contributed by atoms with Gasteiger partial charge in [-0.15, -0.1) is 0 Å². The van der Waals surface area contributed by atoms with Crippen molar-refractivity contribution in [2.24, 2.45) is 5.92 Å². The molecule has 5 nitrogen and oxygen atoms in total. The minimum Gasteiger partial charge on any atom is -0.476 e. The maximum Gasteiger partial charge on any atom is 0.319 e. The first-order chi connectivity index (χ1) is 8.29. The molecule has 1 fully saturated rings. The Morgan fingerprint density at radius 1 is 1.59 bits per heavy atom. The van der Waals surface area contributed by atoms with Gasteiger partial charge in [0.25, 0.3) is 0 Å². The lowest BCUT2D eigenvalue weighted by atomic mass is 10.4. The second kappa shape index (κ2) is 5.52. The summed E-state index contributed by atoms with van der Waals surface area (Å²) in [5.41, 5.74) is 0.600. The van der Waals surface area contributed by atoms with Gasteiger partial charge in [-0.05, 0) is 37.8 Å². The van der Waals surface area contributed by atoms with Crippen LogP contribution in [0.5, 0.6) is 5.88 Å². The predicted octanol–water partition coefficient (Wildman–Crippen LogP) is 2.01. The molecule has 0 aliphatic heterocycles. The van der Waals surface area contributed by atoms with E-state index in [0.29, 0.717) is 24.1 Å². The van der Waals surface area contributed by atoms with Crippen molar-refractivity contribution in [3.8, 4) is 5.88 Å². The molecule has 1 heterocycles. The monoisotopic (exact) mass is 235 g/mol. The van der Waals surface area contributed by atoms with Crippen LogP contribution in [0.4, 0.5) is 10.5 Å². The Kier molecular flexibility index (Phi) is 3.80. The van der Waals surface area contributed by atoms with Crippen LogP contribution in [0, 0.1) is 5.92 Å². The molecule has 2 N–H and O–H groups in total. The Morgan fingerprint density at radius 2 is 2.41 bits per heavy atom. The molecule has 1 aliphatic carbocycles. The van der Waals surface area contributed by atoms with Crippen LogP contribution >= 0.6 is 0 Å². The molecule has 0 atom stereocenters. The fourth-order valence-electron chi connectivity index (χ4n) is 1.46. The predicted molar refractivity (Wildman–Crippen MR) is 65.2 cm³/mol. The van der Waals surface area contributed by atoms with Crippen LogP contribution in [0.3, 0.4) is 0 Å². The topological polar surface area (TPSA) is 63.2 Å². The summed E-state index contributed by atoms with van der Waals surface area (Å²) in [5, 5.41) is 5.57. The molecule has 1 aromatic rings. The van der Waals surface area contributed by atoms with Crippen LogP contribution in [0.15, 0.2) is 18.3 Å². The van der Waals surface area contributed by atoms with Crippen molar-refractivity contribution >= 4 is 11.7 Å². The first-order valence-electron chi connectivity index (χ1n) is 5.92. The second-order valence-corrected chi connectivity index (χ2v) is 4.07. The first-order valence-corrected chi connectivity index (χ1v) is 5.92. The maximum atomic E-state index is 11.6. The summed E-state index contributed by atoms with van der Waals surface area (Å²) in [6.45, 7) is 3.15. The summed E-state index contributed by atoms with van der Waals surface area (Å²) in [6.07, 6.45) is 4.08. The number of hydrogen-bond acceptors (Lipinski definition) is 3. The first kappa shape index (κ1) is 11.7. The van der Waals surface area contributed by atoms with Crippen molar-refractivity contribution in [1.29, 1.82) is 0 Å². The normalized spacial score (nSPS) is 14.2. The van der Waals surface area contributed by atoms with Crippen molar-refractivity contribution in [1.82, 2.24) is 10.3 Å². The molecule has 0 saturated heterocycles. The molecule has 0 aromatic carbocycles. The van der Waals surface area contributed by atoms with Crippen molar-refractivity contribution in [2.75, 3.05) is 18.5 Å². The zero-order valence-corrected chi connectivity index (χ0v) is 9.90. The van der Waals surface area contributed by atoms with Crippen LogP contribution in [0.25, 0.3) is 0 Å². The van der Waals surface area contributed by atoms with Crippen LogP contribution in [0.1, 0.15) is 19.8 Å². The van der Waals surface area contributed by atoms with E-state index in [1.807, 2.05) is 6.92 Å². The molecule has 1 saturated carbocycles. The van der Waals surface area contributed by atoms with Gasteiger partial charge in [-0.3, -0.25) is 0 Å². The molecule has 17 heavy (non-hydrogen) atoms. The van der Waals surface area contributed by atoms with E-state index in [2.05, 4.69) is 15.6 Å². The standard InChI is InChI=1S/C12H17N3O2/c1-2-17-11-10(4-3-7-13-11)15-12(16)14-8-9-5-6-9/h3-4,7,9H,2,5-6,8H2,1H3,(H2,14,15,16). The number of ether oxygens (including phenoxy) is 1. The van der Waals surface area contributed by atoms with Gasteiger partial charge in [0.15, 0.2) is 0 Å². The van der Waals surface area contributed by atoms with Gasteiger partial charge in [-0.2, -0.15) is 0 Å². The van der Waals surface area contributed by atoms with Crippen LogP contribution < -0.4 is 15.4 Å². The van der Waals surface area contributed by atoms with E-state index in [4.69, 9.17) is 4.74 Å². The Morgan fingerprint density at radius 3 is 3.12 bits per heavy atom. The average Bonchev–Trinajstić information content (AvgIpc) is 3.13. The van der Waals surface area contributed by atoms with Gasteiger partial charge in [0, 0.05) is 12.7 Å². The minimum atomic E-state index is -0.203. The van der Waals surface area contributed by atoms with E-state index in [1.165, 1.54) is 12.8 Å². The smallest absolute Gasteiger partial charge is 0.319 e. The maximum absolute atomic E-state index is 11.6. The summed E-state index contributed by atoms with van der Waals surface area (Å²) in [6, 6.07) is 3.33. The fraction of sp³-hybridized carbons (Fsp3) is 0.500. The highest BCUT2D eigenvalue weighted by atomic mass is 16.5. The van der Waals surface area contributed by atoms with E-state index < -0.39 is 0 Å².